The van der Waals surface area contributed by atoms with Crippen LogP contribution in [-0.4, -0.2) is 69.2 Å². The number of unbranched alkanes of at least 4 members (excludes halogenated alkanes) is 3. The molecule has 0 radical (unpaired) electrons. The number of rotatable bonds is 7. The molecule has 4 aromatic rings. The molecule has 66 heavy (non-hydrogen) atoms. The van der Waals surface area contributed by atoms with E-state index in [1.807, 2.05) is 12.1 Å². The Morgan fingerprint density at radius 3 is 1.41 bits per heavy atom. The van der Waals surface area contributed by atoms with Gasteiger partial charge in [-0.2, -0.15) is 0 Å². The topological polar surface area (TPSA) is 166 Å². The number of carboxylic acids is 1. The highest BCUT2D eigenvalue weighted by atomic mass is 16.7. The second-order valence-corrected chi connectivity index (χ2v) is 21.1. The largest absolute Gasteiger partial charge is 0.477 e. The number of fused-ring (bicyclic) bond motifs is 4. The molecular weight excluding hydrogens is 841 g/mol. The molecule has 360 valence electrons. The standard InChI is InChI=1S/C23H27NO6.C20H23NO4.C6H14.C4H8O/c1-13(25)28-12-29-20(26)15-10-14-11-16-18-17(19(14)30-21(15)27)23(4,5)7-9-24(18)8-6-22(16,2)3;1-19(2)5-7-21-8-6-20(3,4)14-15(21)13(19)10-11-9-12(17(22)23)18(24)25-16(11)14;1-3-5-6-4-2;1-2-4-5-3-1/h10-11H,6-9,12H2,1-5H3;9-10H,5-8H2,1-4H3,(H,22,23);3-6H2,1-2H3;1-4H2. The van der Waals surface area contributed by atoms with Crippen LogP contribution in [0.15, 0.2) is 42.7 Å². The minimum Gasteiger partial charge on any atom is -0.477 e. The predicted octanol–water partition coefficient (Wildman–Crippen LogP) is 10.7. The fourth-order valence-electron chi connectivity index (χ4n) is 9.85. The maximum Gasteiger partial charge on any atom is 0.351 e. The highest BCUT2D eigenvalue weighted by Crippen LogP contribution is 2.53. The van der Waals surface area contributed by atoms with Crippen molar-refractivity contribution in [2.75, 3.05) is 56.0 Å². The van der Waals surface area contributed by atoms with E-state index in [9.17, 15) is 29.1 Å². The van der Waals surface area contributed by atoms with Crippen molar-refractivity contribution in [3.05, 3.63) is 78.5 Å². The van der Waals surface area contributed by atoms with Crippen LogP contribution < -0.4 is 21.1 Å². The van der Waals surface area contributed by atoms with Gasteiger partial charge in [-0.25, -0.2) is 19.2 Å². The zero-order valence-corrected chi connectivity index (χ0v) is 41.3. The van der Waals surface area contributed by atoms with Crippen LogP contribution in [0.3, 0.4) is 0 Å². The smallest absolute Gasteiger partial charge is 0.351 e. The van der Waals surface area contributed by atoms with Crippen LogP contribution in [0.2, 0.25) is 0 Å². The van der Waals surface area contributed by atoms with Gasteiger partial charge >= 0.3 is 29.2 Å². The Hall–Kier alpha value is -5.17. The summed E-state index contributed by atoms with van der Waals surface area (Å²) in [5.74, 6) is -2.70. The van der Waals surface area contributed by atoms with Gasteiger partial charge in [0.1, 0.15) is 22.3 Å². The molecule has 0 unspecified atom stereocenters. The molecule has 1 fully saturated rings. The number of carbonyl (C=O) groups excluding carboxylic acids is 2. The third-order valence-electron chi connectivity index (χ3n) is 14.1. The van der Waals surface area contributed by atoms with Crippen molar-refractivity contribution in [1.29, 1.82) is 0 Å². The number of carbonyl (C=O) groups is 3. The molecule has 9 rings (SSSR count). The summed E-state index contributed by atoms with van der Waals surface area (Å²) >= 11 is 0. The lowest BCUT2D eigenvalue weighted by molar-refractivity contribution is -0.149. The summed E-state index contributed by atoms with van der Waals surface area (Å²) in [5.41, 5.74) is 5.56. The lowest BCUT2D eigenvalue weighted by atomic mass is 9.69. The van der Waals surface area contributed by atoms with Crippen LogP contribution in [0.4, 0.5) is 11.4 Å². The molecule has 0 bridgehead atoms. The molecule has 1 N–H and O–H groups in total. The summed E-state index contributed by atoms with van der Waals surface area (Å²) < 4.78 is 25.8. The Morgan fingerprint density at radius 1 is 0.621 bits per heavy atom. The van der Waals surface area contributed by atoms with Crippen molar-refractivity contribution in [3.8, 4) is 0 Å². The van der Waals surface area contributed by atoms with E-state index in [1.54, 1.807) is 0 Å². The predicted molar refractivity (Wildman–Crippen MR) is 259 cm³/mol. The van der Waals surface area contributed by atoms with Gasteiger partial charge in [-0.15, -0.1) is 0 Å². The zero-order valence-electron chi connectivity index (χ0n) is 41.3. The van der Waals surface area contributed by atoms with Crippen molar-refractivity contribution < 1.29 is 42.5 Å². The Balaban J connectivity index is 0.000000179. The third-order valence-corrected chi connectivity index (χ3v) is 14.1. The number of aromatic carboxylic acids is 1. The van der Waals surface area contributed by atoms with Crippen molar-refractivity contribution in [2.24, 2.45) is 0 Å². The Bertz CT molecular complexity index is 2560. The van der Waals surface area contributed by atoms with Crippen molar-refractivity contribution in [3.63, 3.8) is 0 Å². The highest BCUT2D eigenvalue weighted by Gasteiger charge is 2.44. The number of nitrogens with zero attached hydrogens (tertiary/aromatic N) is 2. The van der Waals surface area contributed by atoms with Crippen molar-refractivity contribution in [1.82, 2.24) is 0 Å². The number of hydrogen-bond acceptors (Lipinski definition) is 12. The van der Waals surface area contributed by atoms with Gasteiger partial charge in [0.05, 0.1) is 0 Å². The molecular formula is C53H72N2O11. The normalized spacial score (nSPS) is 18.8. The van der Waals surface area contributed by atoms with E-state index in [2.05, 4.69) is 83.8 Å². The van der Waals surface area contributed by atoms with E-state index < -0.39 is 36.0 Å². The number of anilines is 2. The average Bonchev–Trinajstić information content (AvgIpc) is 3.84. The minimum absolute atomic E-state index is 0.00170. The summed E-state index contributed by atoms with van der Waals surface area (Å²) in [6.07, 6.45) is 12.1. The Kier molecular flexibility index (Phi) is 15.2. The fraction of sp³-hybridized carbons (Fsp3) is 0.604. The molecule has 0 aliphatic carbocycles. The lowest BCUT2D eigenvalue weighted by Crippen LogP contribution is -2.44. The van der Waals surface area contributed by atoms with Gasteiger partial charge in [0, 0.05) is 79.6 Å². The van der Waals surface area contributed by atoms with Gasteiger partial charge in [-0.3, -0.25) is 4.79 Å². The first-order chi connectivity index (χ1) is 31.0. The van der Waals surface area contributed by atoms with E-state index in [0.717, 1.165) is 76.2 Å². The van der Waals surface area contributed by atoms with Crippen LogP contribution in [0, 0.1) is 0 Å². The number of hydrogen-bond donors (Lipinski definition) is 1. The molecule has 0 spiro atoms. The molecule has 2 aromatic carbocycles. The van der Waals surface area contributed by atoms with Gasteiger partial charge in [-0.1, -0.05) is 94.9 Å². The Morgan fingerprint density at radius 2 is 1.03 bits per heavy atom. The molecule has 0 saturated carbocycles. The molecule has 0 atom stereocenters. The fourth-order valence-corrected chi connectivity index (χ4v) is 9.85. The first kappa shape index (κ1) is 50.2. The van der Waals surface area contributed by atoms with E-state index in [0.29, 0.717) is 21.9 Å². The highest BCUT2D eigenvalue weighted by molar-refractivity contribution is 5.97. The van der Waals surface area contributed by atoms with Crippen molar-refractivity contribution in [2.45, 2.75) is 162 Å². The molecule has 13 nitrogen and oxygen atoms in total. The van der Waals surface area contributed by atoms with Crippen LogP contribution >= 0.6 is 0 Å². The van der Waals surface area contributed by atoms with Crippen LogP contribution in [-0.2, 0) is 40.7 Å². The molecule has 2 aromatic heterocycles. The van der Waals surface area contributed by atoms with Crippen molar-refractivity contribution >= 4 is 51.2 Å². The maximum absolute atomic E-state index is 12.7. The second-order valence-electron chi connectivity index (χ2n) is 21.1. The second kappa shape index (κ2) is 20.0. The van der Waals surface area contributed by atoms with E-state index >= 15 is 0 Å². The number of carboxylic acid groups (broad SMARTS) is 1. The summed E-state index contributed by atoms with van der Waals surface area (Å²) in [6, 6.07) is 7.07. The molecule has 7 heterocycles. The van der Waals surface area contributed by atoms with Crippen LogP contribution in [0.25, 0.3) is 21.9 Å². The molecule has 13 heteroatoms. The first-order valence-corrected chi connectivity index (χ1v) is 24.0. The maximum atomic E-state index is 12.7. The van der Waals surface area contributed by atoms with E-state index in [4.69, 9.17) is 18.3 Å². The molecule has 1 saturated heterocycles. The van der Waals surface area contributed by atoms with Gasteiger partial charge in [-0.05, 0) is 95.6 Å². The van der Waals surface area contributed by atoms with Gasteiger partial charge in [0.2, 0.25) is 6.79 Å². The van der Waals surface area contributed by atoms with Crippen LogP contribution in [0.1, 0.15) is 183 Å². The summed E-state index contributed by atoms with van der Waals surface area (Å²) in [7, 11) is 0. The summed E-state index contributed by atoms with van der Waals surface area (Å²) in [5, 5.41) is 10.7. The van der Waals surface area contributed by atoms with E-state index in [1.165, 1.54) is 80.1 Å². The summed E-state index contributed by atoms with van der Waals surface area (Å²) in [4.78, 5) is 64.2. The number of ether oxygens (including phenoxy) is 3. The number of benzene rings is 2. The zero-order chi connectivity index (χ0) is 48.4. The third kappa shape index (κ3) is 10.5. The van der Waals surface area contributed by atoms with Crippen LogP contribution in [0.5, 0.6) is 0 Å². The quantitative estimate of drug-likeness (QED) is 0.0806. The SMILES string of the molecule is C1CCOC1.CC(=O)OCOC(=O)c1cc2cc3c4c(c2oc1=O)C(C)(C)CCN4CCC3(C)C.CC1(C)CCN2CCC(C)(C)c3c2c1cc1cc(C(=O)O)c(=O)oc31.CCCCCC. The molecule has 5 aliphatic heterocycles. The average molecular weight is 913 g/mol. The molecule has 0 amide bonds. The van der Waals surface area contributed by atoms with E-state index in [-0.39, 0.29) is 32.8 Å². The first-order valence-electron chi connectivity index (χ1n) is 24.0. The molecule has 5 aliphatic rings. The van der Waals surface area contributed by atoms with Gasteiger partial charge in [0.15, 0.2) is 0 Å². The monoisotopic (exact) mass is 913 g/mol. The van der Waals surface area contributed by atoms with Gasteiger partial charge < -0.3 is 38.0 Å². The Labute approximate surface area is 389 Å². The lowest BCUT2D eigenvalue weighted by Gasteiger charge is -2.48. The number of esters is 2. The van der Waals surface area contributed by atoms with Gasteiger partial charge in [0.25, 0.3) is 0 Å². The minimum atomic E-state index is -1.25. The summed E-state index contributed by atoms with van der Waals surface area (Å²) in [6.45, 7) is 28.6.